The number of amides is 1. The second-order valence-electron chi connectivity index (χ2n) is 8.95. The Bertz CT molecular complexity index is 1020. The maximum atomic E-state index is 13.8. The van der Waals surface area contributed by atoms with E-state index in [-0.39, 0.29) is 35.7 Å². The Labute approximate surface area is 203 Å². The summed E-state index contributed by atoms with van der Waals surface area (Å²) >= 11 is 0. The van der Waals surface area contributed by atoms with Crippen LogP contribution in [0.25, 0.3) is 0 Å². The highest BCUT2D eigenvalue weighted by molar-refractivity contribution is 5.76. The van der Waals surface area contributed by atoms with Crippen molar-refractivity contribution in [1.82, 2.24) is 15.3 Å². The van der Waals surface area contributed by atoms with Gasteiger partial charge in [0.05, 0.1) is 19.9 Å². The van der Waals surface area contributed by atoms with Crippen LogP contribution in [0.15, 0.2) is 24.4 Å². The number of nitrogens with one attached hydrogen (secondary N) is 3. The third kappa shape index (κ3) is 7.12. The standard InChI is InChI=1S/C24H32F3N5O3/c1-14(2)11-21(33)29-17-7-5-6-8-18(17)30-22-16(24(25,26)27)13-28-23(32-22)31-19-10-9-15(34-3)12-20(19)35-4/h9-10,12-14,17-18H,5-8,11H2,1-4H3,(H,29,33)(H2,28,30,31,32). The predicted octanol–water partition coefficient (Wildman–Crippen LogP) is 5.14. The molecule has 1 aromatic heterocycles. The van der Waals surface area contributed by atoms with E-state index in [4.69, 9.17) is 9.47 Å². The van der Waals surface area contributed by atoms with Gasteiger partial charge in [-0.25, -0.2) is 4.98 Å². The second kappa shape index (κ2) is 11.5. The lowest BCUT2D eigenvalue weighted by atomic mass is 9.90. The average Bonchev–Trinajstić information content (AvgIpc) is 2.79. The van der Waals surface area contributed by atoms with Crippen molar-refractivity contribution in [3.8, 4) is 11.5 Å². The van der Waals surface area contributed by atoms with E-state index in [0.29, 0.717) is 36.4 Å². The molecule has 1 aliphatic carbocycles. The zero-order valence-electron chi connectivity index (χ0n) is 20.3. The van der Waals surface area contributed by atoms with Gasteiger partial charge in [-0.05, 0) is 30.9 Å². The minimum atomic E-state index is -4.65. The molecular weight excluding hydrogens is 463 g/mol. The van der Waals surface area contributed by atoms with Crippen molar-refractivity contribution < 1.29 is 27.4 Å². The highest BCUT2D eigenvalue weighted by atomic mass is 19.4. The second-order valence-corrected chi connectivity index (χ2v) is 8.95. The van der Waals surface area contributed by atoms with E-state index >= 15 is 0 Å². The van der Waals surface area contributed by atoms with Crippen LogP contribution in [0.4, 0.5) is 30.6 Å². The van der Waals surface area contributed by atoms with E-state index in [1.807, 2.05) is 13.8 Å². The monoisotopic (exact) mass is 495 g/mol. The van der Waals surface area contributed by atoms with E-state index in [1.165, 1.54) is 14.2 Å². The molecule has 1 aromatic carbocycles. The number of methoxy groups -OCH3 is 2. The fraction of sp³-hybridized carbons (Fsp3) is 0.542. The van der Waals surface area contributed by atoms with Crippen LogP contribution in [0, 0.1) is 5.92 Å². The first-order chi connectivity index (χ1) is 16.6. The first kappa shape index (κ1) is 26.4. The van der Waals surface area contributed by atoms with E-state index < -0.39 is 11.7 Å². The van der Waals surface area contributed by atoms with Crippen molar-refractivity contribution in [2.24, 2.45) is 5.92 Å². The van der Waals surface area contributed by atoms with Gasteiger partial charge in [-0.2, -0.15) is 18.2 Å². The van der Waals surface area contributed by atoms with Crippen molar-refractivity contribution in [3.63, 3.8) is 0 Å². The summed E-state index contributed by atoms with van der Waals surface area (Å²) in [5.41, 5.74) is -0.502. The molecule has 1 aliphatic rings. The minimum Gasteiger partial charge on any atom is -0.497 e. The maximum Gasteiger partial charge on any atom is 0.421 e. The zero-order chi connectivity index (χ0) is 25.6. The quantitative estimate of drug-likeness (QED) is 0.443. The number of nitrogens with zero attached hydrogens (tertiary/aromatic N) is 2. The van der Waals surface area contributed by atoms with Gasteiger partial charge in [0, 0.05) is 30.8 Å². The first-order valence-corrected chi connectivity index (χ1v) is 11.6. The van der Waals surface area contributed by atoms with Crippen molar-refractivity contribution >= 4 is 23.4 Å². The maximum absolute atomic E-state index is 13.8. The molecule has 192 valence electrons. The summed E-state index contributed by atoms with van der Waals surface area (Å²) in [6, 6.07) is 4.30. The summed E-state index contributed by atoms with van der Waals surface area (Å²) in [6.07, 6.45) is -0.500. The van der Waals surface area contributed by atoms with Crippen LogP contribution in [-0.2, 0) is 11.0 Å². The lowest BCUT2D eigenvalue weighted by molar-refractivity contribution is -0.137. The van der Waals surface area contributed by atoms with Gasteiger partial charge in [-0.15, -0.1) is 0 Å². The van der Waals surface area contributed by atoms with Gasteiger partial charge in [0.1, 0.15) is 22.9 Å². The number of hydrogen-bond donors (Lipinski definition) is 3. The van der Waals surface area contributed by atoms with Crippen molar-refractivity contribution in [2.75, 3.05) is 24.9 Å². The molecule has 2 aromatic rings. The molecule has 1 saturated carbocycles. The van der Waals surface area contributed by atoms with Gasteiger partial charge in [0.25, 0.3) is 0 Å². The van der Waals surface area contributed by atoms with E-state index in [9.17, 15) is 18.0 Å². The molecule has 1 heterocycles. The fourth-order valence-corrected chi connectivity index (χ4v) is 4.07. The van der Waals surface area contributed by atoms with Crippen molar-refractivity contribution in [3.05, 3.63) is 30.0 Å². The number of aromatic nitrogens is 2. The van der Waals surface area contributed by atoms with E-state index in [0.717, 1.165) is 19.0 Å². The molecule has 2 unspecified atom stereocenters. The number of alkyl halides is 3. The average molecular weight is 496 g/mol. The number of halogens is 3. The van der Waals surface area contributed by atoms with Crippen molar-refractivity contribution in [1.29, 1.82) is 0 Å². The number of hydrogen-bond acceptors (Lipinski definition) is 7. The molecule has 8 nitrogen and oxygen atoms in total. The van der Waals surface area contributed by atoms with Crippen LogP contribution < -0.4 is 25.4 Å². The SMILES string of the molecule is COc1ccc(Nc2ncc(C(F)(F)F)c(NC3CCCCC3NC(=O)CC(C)C)n2)c(OC)c1. The number of anilines is 3. The van der Waals surface area contributed by atoms with Crippen LogP contribution in [-0.4, -0.2) is 42.2 Å². The number of ether oxygens (including phenoxy) is 2. The molecule has 0 spiro atoms. The summed E-state index contributed by atoms with van der Waals surface area (Å²) < 4.78 is 51.8. The molecule has 3 N–H and O–H groups in total. The Hall–Kier alpha value is -3.24. The first-order valence-electron chi connectivity index (χ1n) is 11.6. The van der Waals surface area contributed by atoms with Crippen LogP contribution >= 0.6 is 0 Å². The number of rotatable bonds is 9. The Morgan fingerprint density at radius 2 is 1.86 bits per heavy atom. The zero-order valence-corrected chi connectivity index (χ0v) is 20.3. The lowest BCUT2D eigenvalue weighted by Crippen LogP contribution is -2.49. The highest BCUT2D eigenvalue weighted by Crippen LogP contribution is 2.36. The van der Waals surface area contributed by atoms with E-state index in [1.54, 1.807) is 18.2 Å². The predicted molar refractivity (Wildman–Crippen MR) is 127 cm³/mol. The molecule has 0 saturated heterocycles. The smallest absolute Gasteiger partial charge is 0.421 e. The summed E-state index contributed by atoms with van der Waals surface area (Å²) in [6.45, 7) is 3.89. The molecule has 0 radical (unpaired) electrons. The highest BCUT2D eigenvalue weighted by Gasteiger charge is 2.37. The van der Waals surface area contributed by atoms with Gasteiger partial charge in [-0.3, -0.25) is 4.79 Å². The molecule has 3 rings (SSSR count). The van der Waals surface area contributed by atoms with E-state index in [2.05, 4.69) is 25.9 Å². The third-order valence-electron chi connectivity index (χ3n) is 5.78. The summed E-state index contributed by atoms with van der Waals surface area (Å²) in [4.78, 5) is 20.4. The molecule has 0 bridgehead atoms. The van der Waals surface area contributed by atoms with Gasteiger partial charge in [-0.1, -0.05) is 26.7 Å². The van der Waals surface area contributed by atoms with Gasteiger partial charge >= 0.3 is 6.18 Å². The normalized spacial score (nSPS) is 18.2. The Kier molecular flexibility index (Phi) is 8.63. The molecule has 2 atom stereocenters. The Morgan fingerprint density at radius 1 is 1.14 bits per heavy atom. The largest absolute Gasteiger partial charge is 0.497 e. The molecule has 0 aliphatic heterocycles. The minimum absolute atomic E-state index is 0.0276. The van der Waals surface area contributed by atoms with Gasteiger partial charge in [0.15, 0.2) is 0 Å². The van der Waals surface area contributed by atoms with Crippen molar-refractivity contribution in [2.45, 2.75) is 64.2 Å². The van der Waals surface area contributed by atoms with Crippen LogP contribution in [0.5, 0.6) is 11.5 Å². The fourth-order valence-electron chi connectivity index (χ4n) is 4.07. The summed E-state index contributed by atoms with van der Waals surface area (Å²) in [5, 5.41) is 8.87. The third-order valence-corrected chi connectivity index (χ3v) is 5.78. The molecule has 11 heteroatoms. The topological polar surface area (TPSA) is 97.4 Å². The molecule has 35 heavy (non-hydrogen) atoms. The number of benzene rings is 1. The molecule has 1 amide bonds. The summed E-state index contributed by atoms with van der Waals surface area (Å²) in [5.74, 6) is 0.699. The van der Waals surface area contributed by atoms with Crippen LogP contribution in [0.3, 0.4) is 0 Å². The van der Waals surface area contributed by atoms with Gasteiger partial charge < -0.3 is 25.4 Å². The summed E-state index contributed by atoms with van der Waals surface area (Å²) in [7, 11) is 2.99. The Balaban J connectivity index is 1.87. The van der Waals surface area contributed by atoms with Crippen LogP contribution in [0.1, 0.15) is 51.5 Å². The Morgan fingerprint density at radius 3 is 2.49 bits per heavy atom. The van der Waals surface area contributed by atoms with Gasteiger partial charge in [0.2, 0.25) is 11.9 Å². The van der Waals surface area contributed by atoms with Crippen LogP contribution in [0.2, 0.25) is 0 Å². The number of carbonyl (C=O) groups excluding carboxylic acids is 1. The molecular formula is C24H32F3N5O3. The number of carbonyl (C=O) groups is 1. The molecule has 1 fully saturated rings. The lowest BCUT2D eigenvalue weighted by Gasteiger charge is -2.34.